The summed E-state index contributed by atoms with van der Waals surface area (Å²) in [6, 6.07) is 7.57. The van der Waals surface area contributed by atoms with Crippen molar-refractivity contribution in [3.05, 3.63) is 48.0 Å². The van der Waals surface area contributed by atoms with Gasteiger partial charge in [-0.15, -0.1) is 0 Å². The number of halogens is 1. The van der Waals surface area contributed by atoms with E-state index in [9.17, 15) is 4.39 Å². The second-order valence-corrected chi connectivity index (χ2v) is 6.92. The van der Waals surface area contributed by atoms with Gasteiger partial charge in [-0.25, -0.2) is 4.39 Å². The lowest BCUT2D eigenvalue weighted by molar-refractivity contribution is 0.136. The highest BCUT2D eigenvalue weighted by Crippen LogP contribution is 2.37. The summed E-state index contributed by atoms with van der Waals surface area (Å²) >= 11 is 0. The van der Waals surface area contributed by atoms with Gasteiger partial charge < -0.3 is 14.8 Å². The van der Waals surface area contributed by atoms with Gasteiger partial charge in [0.05, 0.1) is 31.6 Å². The summed E-state index contributed by atoms with van der Waals surface area (Å²) in [5.41, 5.74) is 1.10. The zero-order valence-electron chi connectivity index (χ0n) is 14.4. The lowest BCUT2D eigenvalue weighted by Crippen LogP contribution is -2.51. The molecular weight excluding hydrogens is 321 g/mol. The fraction of sp³-hybridized carbons (Fsp3) is 0.526. The van der Waals surface area contributed by atoms with Gasteiger partial charge in [0.1, 0.15) is 11.9 Å². The highest BCUT2D eigenvalue weighted by Gasteiger charge is 2.37. The second-order valence-electron chi connectivity index (χ2n) is 6.92. The van der Waals surface area contributed by atoms with Crippen molar-refractivity contribution in [3.63, 3.8) is 0 Å². The van der Waals surface area contributed by atoms with E-state index in [0.717, 1.165) is 30.7 Å². The number of aryl methyl sites for hydroxylation is 1. The molecule has 0 bridgehead atoms. The third-order valence-electron chi connectivity index (χ3n) is 5.16. The Labute approximate surface area is 147 Å². The Morgan fingerprint density at radius 1 is 1.36 bits per heavy atom. The van der Waals surface area contributed by atoms with Crippen molar-refractivity contribution in [2.75, 3.05) is 13.2 Å². The first-order valence-electron chi connectivity index (χ1n) is 8.99. The van der Waals surface area contributed by atoms with Gasteiger partial charge in [0, 0.05) is 12.6 Å². The first kappa shape index (κ1) is 16.5. The zero-order chi connectivity index (χ0) is 17.2. The molecule has 2 aromatic rings. The van der Waals surface area contributed by atoms with E-state index >= 15 is 0 Å². The van der Waals surface area contributed by atoms with Crippen molar-refractivity contribution in [1.29, 1.82) is 0 Å². The number of hydrogen-bond donors (Lipinski definition) is 1. The predicted molar refractivity (Wildman–Crippen MR) is 92.2 cm³/mol. The summed E-state index contributed by atoms with van der Waals surface area (Å²) in [5.74, 6) is 1.08. The van der Waals surface area contributed by atoms with Crippen LogP contribution in [0.4, 0.5) is 4.39 Å². The van der Waals surface area contributed by atoms with Gasteiger partial charge in [-0.3, -0.25) is 4.68 Å². The number of rotatable bonds is 6. The summed E-state index contributed by atoms with van der Waals surface area (Å²) in [7, 11) is 0. The Bertz CT molecular complexity index is 714. The Kier molecular flexibility index (Phi) is 4.72. The predicted octanol–water partition coefficient (Wildman–Crippen LogP) is 2.72. The van der Waals surface area contributed by atoms with Crippen molar-refractivity contribution in [1.82, 2.24) is 15.1 Å². The fourth-order valence-electron chi connectivity index (χ4n) is 3.65. The molecule has 1 aromatic carbocycles. The Hall–Kier alpha value is -1.92. The van der Waals surface area contributed by atoms with Gasteiger partial charge in [-0.1, -0.05) is 12.1 Å². The van der Waals surface area contributed by atoms with E-state index in [4.69, 9.17) is 9.47 Å². The van der Waals surface area contributed by atoms with Gasteiger partial charge in [-0.2, -0.15) is 5.10 Å². The van der Waals surface area contributed by atoms with E-state index in [1.807, 2.05) is 23.9 Å². The minimum absolute atomic E-state index is 0.00252. The maximum absolute atomic E-state index is 13.3. The molecular formula is C19H24FN3O2. The molecule has 1 aliphatic heterocycles. The number of aromatic nitrogens is 2. The largest absolute Gasteiger partial charge is 0.483 e. The van der Waals surface area contributed by atoms with Gasteiger partial charge in [0.2, 0.25) is 0 Å². The lowest BCUT2D eigenvalue weighted by Gasteiger charge is -2.38. The molecule has 2 heterocycles. The smallest absolute Gasteiger partial charge is 0.157 e. The summed E-state index contributed by atoms with van der Waals surface area (Å²) in [4.78, 5) is 0. The van der Waals surface area contributed by atoms with Crippen LogP contribution in [0.2, 0.25) is 0 Å². The molecule has 1 aromatic heterocycles. The molecule has 2 atom stereocenters. The molecule has 0 radical (unpaired) electrons. The van der Waals surface area contributed by atoms with Crippen LogP contribution < -0.4 is 10.1 Å². The number of nitrogens with one attached hydrogen (secondary N) is 1. The molecule has 0 spiro atoms. The van der Waals surface area contributed by atoms with Gasteiger partial charge in [-0.05, 0) is 43.4 Å². The van der Waals surface area contributed by atoms with E-state index in [-0.39, 0.29) is 18.0 Å². The standard InChI is InChI=1S/C19H24FN3O2/c1-2-23-10-17(9-21-23)25-19-12-24-11-18(19)22-16-7-14(8-16)13-4-3-5-15(20)6-13/h3-6,9-10,14,16,18-19,22H,2,7-8,11-12H2,1H3/t14?,16?,18-,19+/m0/s1. The Balaban J connectivity index is 1.29. The molecule has 1 N–H and O–H groups in total. The monoisotopic (exact) mass is 345 g/mol. The lowest BCUT2D eigenvalue weighted by atomic mass is 9.75. The van der Waals surface area contributed by atoms with Gasteiger partial charge in [0.25, 0.3) is 0 Å². The molecule has 5 nitrogen and oxygen atoms in total. The van der Waals surface area contributed by atoms with Crippen molar-refractivity contribution >= 4 is 0 Å². The molecule has 0 amide bonds. The Morgan fingerprint density at radius 3 is 3.00 bits per heavy atom. The van der Waals surface area contributed by atoms with Crippen LogP contribution in [0.3, 0.4) is 0 Å². The van der Waals surface area contributed by atoms with Crippen LogP contribution in [-0.2, 0) is 11.3 Å². The molecule has 25 heavy (non-hydrogen) atoms. The van der Waals surface area contributed by atoms with Crippen LogP contribution in [0.25, 0.3) is 0 Å². The summed E-state index contributed by atoms with van der Waals surface area (Å²) in [6.45, 7) is 4.13. The van der Waals surface area contributed by atoms with E-state index in [1.54, 1.807) is 18.3 Å². The average molecular weight is 345 g/mol. The molecule has 4 rings (SSSR count). The van der Waals surface area contributed by atoms with Crippen molar-refractivity contribution in [3.8, 4) is 5.75 Å². The topological polar surface area (TPSA) is 48.3 Å². The quantitative estimate of drug-likeness (QED) is 0.875. The highest BCUT2D eigenvalue weighted by atomic mass is 19.1. The van der Waals surface area contributed by atoms with Crippen molar-refractivity contribution in [2.45, 2.75) is 50.4 Å². The van der Waals surface area contributed by atoms with Crippen LogP contribution in [0.1, 0.15) is 31.2 Å². The van der Waals surface area contributed by atoms with E-state index < -0.39 is 0 Å². The van der Waals surface area contributed by atoms with E-state index in [2.05, 4.69) is 10.4 Å². The zero-order valence-corrected chi connectivity index (χ0v) is 14.4. The third-order valence-corrected chi connectivity index (χ3v) is 5.16. The molecule has 0 unspecified atom stereocenters. The van der Waals surface area contributed by atoms with Crippen LogP contribution in [0.15, 0.2) is 36.7 Å². The molecule has 1 aliphatic carbocycles. The van der Waals surface area contributed by atoms with E-state index in [0.29, 0.717) is 25.2 Å². The molecule has 6 heteroatoms. The first-order valence-corrected chi connectivity index (χ1v) is 8.99. The minimum Gasteiger partial charge on any atom is -0.483 e. The third kappa shape index (κ3) is 3.70. The van der Waals surface area contributed by atoms with Crippen LogP contribution in [0.5, 0.6) is 5.75 Å². The van der Waals surface area contributed by atoms with Crippen LogP contribution in [0, 0.1) is 5.82 Å². The maximum Gasteiger partial charge on any atom is 0.157 e. The van der Waals surface area contributed by atoms with Crippen LogP contribution >= 0.6 is 0 Å². The number of nitrogens with zero attached hydrogens (tertiary/aromatic N) is 2. The summed E-state index contributed by atoms with van der Waals surface area (Å²) < 4.78 is 26.8. The molecule has 1 saturated carbocycles. The van der Waals surface area contributed by atoms with Gasteiger partial charge >= 0.3 is 0 Å². The molecule has 1 saturated heterocycles. The second kappa shape index (κ2) is 7.14. The summed E-state index contributed by atoms with van der Waals surface area (Å²) in [5, 5.41) is 7.89. The summed E-state index contributed by atoms with van der Waals surface area (Å²) in [6.07, 6.45) is 5.73. The van der Waals surface area contributed by atoms with Gasteiger partial charge in [0.15, 0.2) is 5.75 Å². The normalized spacial score (nSPS) is 28.7. The SMILES string of the molecule is CCn1cc(O[C@@H]2COC[C@@H]2NC2CC(c3cccc(F)c3)C2)cn1. The van der Waals surface area contributed by atoms with Crippen molar-refractivity contribution in [2.24, 2.45) is 0 Å². The van der Waals surface area contributed by atoms with Crippen molar-refractivity contribution < 1.29 is 13.9 Å². The molecule has 2 aliphatic rings. The van der Waals surface area contributed by atoms with E-state index in [1.165, 1.54) is 6.07 Å². The fourth-order valence-corrected chi connectivity index (χ4v) is 3.65. The maximum atomic E-state index is 13.3. The molecule has 134 valence electrons. The molecule has 2 fully saturated rings. The number of hydrogen-bond acceptors (Lipinski definition) is 4. The first-order chi connectivity index (χ1) is 12.2. The Morgan fingerprint density at radius 2 is 2.24 bits per heavy atom. The number of ether oxygens (including phenoxy) is 2. The van der Waals surface area contributed by atoms with Crippen LogP contribution in [-0.4, -0.2) is 41.2 Å². The minimum atomic E-state index is -0.154. The average Bonchev–Trinajstić information content (AvgIpc) is 3.20. The number of benzene rings is 1. The highest BCUT2D eigenvalue weighted by molar-refractivity contribution is 5.24.